The summed E-state index contributed by atoms with van der Waals surface area (Å²) < 4.78 is 0. The maximum Gasteiger partial charge on any atom is 0.205 e. The molecule has 84 valence electrons. The summed E-state index contributed by atoms with van der Waals surface area (Å²) in [4.78, 5) is 17.6. The first-order chi connectivity index (χ1) is 7.59. The first kappa shape index (κ1) is 10.8. The lowest BCUT2D eigenvalue weighted by Gasteiger charge is -2.14. The van der Waals surface area contributed by atoms with E-state index in [1.165, 1.54) is 12.2 Å². The molecule has 0 atom stereocenters. The maximum absolute atomic E-state index is 11.5. The zero-order valence-electron chi connectivity index (χ0n) is 9.40. The van der Waals surface area contributed by atoms with Gasteiger partial charge in [-0.15, -0.1) is 0 Å². The molecule has 1 N–H and O–H groups in total. The van der Waals surface area contributed by atoms with E-state index in [2.05, 4.69) is 9.89 Å². The van der Waals surface area contributed by atoms with Crippen molar-refractivity contribution in [2.75, 3.05) is 20.6 Å². The minimum Gasteiger partial charge on any atom is -0.507 e. The van der Waals surface area contributed by atoms with E-state index in [1.807, 2.05) is 14.1 Å². The molecule has 16 heavy (non-hydrogen) atoms. The molecule has 2 rings (SSSR count). The minimum absolute atomic E-state index is 0.135. The molecule has 0 unspecified atom stereocenters. The third-order valence-electron chi connectivity index (χ3n) is 2.62. The quantitative estimate of drug-likeness (QED) is 0.725. The highest BCUT2D eigenvalue weighted by Crippen LogP contribution is 2.28. The second-order valence-electron chi connectivity index (χ2n) is 4.14. The lowest BCUT2D eigenvalue weighted by atomic mass is 9.94. The molecule has 1 aliphatic heterocycles. The van der Waals surface area contributed by atoms with Gasteiger partial charge in [0.15, 0.2) is 0 Å². The van der Waals surface area contributed by atoms with Gasteiger partial charge in [0.2, 0.25) is 5.78 Å². The zero-order valence-corrected chi connectivity index (χ0v) is 9.40. The van der Waals surface area contributed by atoms with Crippen LogP contribution in [0.15, 0.2) is 40.2 Å². The van der Waals surface area contributed by atoms with Crippen molar-refractivity contribution in [3.8, 4) is 0 Å². The largest absolute Gasteiger partial charge is 0.507 e. The fourth-order valence-corrected chi connectivity index (χ4v) is 1.75. The summed E-state index contributed by atoms with van der Waals surface area (Å²) in [6, 6.07) is 0. The second-order valence-corrected chi connectivity index (χ2v) is 4.14. The molecule has 0 radical (unpaired) electrons. The van der Waals surface area contributed by atoms with E-state index in [1.54, 1.807) is 6.20 Å². The van der Waals surface area contributed by atoms with Crippen LogP contribution >= 0.6 is 0 Å². The van der Waals surface area contributed by atoms with E-state index < -0.39 is 0 Å². The molecule has 4 nitrogen and oxygen atoms in total. The number of allylic oxidation sites excluding steroid dienone is 3. The highest BCUT2D eigenvalue weighted by atomic mass is 16.3. The Morgan fingerprint density at radius 1 is 1.38 bits per heavy atom. The van der Waals surface area contributed by atoms with Crippen LogP contribution in [0, 0.1) is 0 Å². The molecule has 4 heteroatoms. The lowest BCUT2D eigenvalue weighted by molar-refractivity contribution is -0.108. The third-order valence-corrected chi connectivity index (χ3v) is 2.62. The van der Waals surface area contributed by atoms with Gasteiger partial charge in [-0.2, -0.15) is 0 Å². The van der Waals surface area contributed by atoms with Gasteiger partial charge >= 0.3 is 0 Å². The van der Waals surface area contributed by atoms with Crippen LogP contribution in [0.3, 0.4) is 0 Å². The number of rotatable bonds is 3. The van der Waals surface area contributed by atoms with Crippen LogP contribution < -0.4 is 0 Å². The third kappa shape index (κ3) is 1.84. The monoisotopic (exact) mass is 218 g/mol. The van der Waals surface area contributed by atoms with Gasteiger partial charge in [-0.05, 0) is 38.2 Å². The van der Waals surface area contributed by atoms with Gasteiger partial charge in [-0.25, -0.2) is 0 Å². The number of aliphatic hydroxyl groups excluding tert-OH is 1. The summed E-state index contributed by atoms with van der Waals surface area (Å²) in [5, 5.41) is 9.74. The Kier molecular flexibility index (Phi) is 2.75. The Morgan fingerprint density at radius 2 is 2.12 bits per heavy atom. The highest BCUT2D eigenvalue weighted by Gasteiger charge is 2.27. The standard InChI is InChI=1S/C12H14N2O2/c1-14(2)6-5-8-7-13-12-10(16)4-3-9(15)11(8)12/h3-4,7,15H,5-6H2,1-2H3. The average Bonchev–Trinajstić information content (AvgIpc) is 2.65. The van der Waals surface area contributed by atoms with Crippen molar-refractivity contribution in [2.24, 2.45) is 4.99 Å². The number of aliphatic hydroxyl groups is 1. The second kappa shape index (κ2) is 4.06. The van der Waals surface area contributed by atoms with Crippen LogP contribution in [0.25, 0.3) is 0 Å². The van der Waals surface area contributed by atoms with Gasteiger partial charge in [-0.1, -0.05) is 0 Å². The Bertz CT molecular complexity index is 454. The van der Waals surface area contributed by atoms with Gasteiger partial charge in [-0.3, -0.25) is 9.79 Å². The van der Waals surface area contributed by atoms with Crippen molar-refractivity contribution in [2.45, 2.75) is 6.42 Å². The number of hydrogen-bond donors (Lipinski definition) is 1. The van der Waals surface area contributed by atoms with Gasteiger partial charge in [0, 0.05) is 12.7 Å². The van der Waals surface area contributed by atoms with E-state index in [0.29, 0.717) is 11.3 Å². The smallest absolute Gasteiger partial charge is 0.205 e. The number of ketones is 1. The number of carbonyl (C=O) groups excluding carboxylic acids is 1. The van der Waals surface area contributed by atoms with Crippen LogP contribution in [0.1, 0.15) is 6.42 Å². The molecular formula is C12H14N2O2. The molecule has 0 saturated carbocycles. The predicted octanol–water partition coefficient (Wildman–Crippen LogP) is 1.23. The summed E-state index contributed by atoms with van der Waals surface area (Å²) >= 11 is 0. The van der Waals surface area contributed by atoms with Gasteiger partial charge in [0.1, 0.15) is 11.5 Å². The summed E-state index contributed by atoms with van der Waals surface area (Å²) in [5.41, 5.74) is 1.90. The number of aliphatic imine (C=N–C) groups is 1. The van der Waals surface area contributed by atoms with E-state index in [9.17, 15) is 9.90 Å². The van der Waals surface area contributed by atoms with Crippen LogP contribution in [0.5, 0.6) is 0 Å². The van der Waals surface area contributed by atoms with Crippen LogP contribution in [0.4, 0.5) is 0 Å². The molecule has 0 aromatic heterocycles. The molecule has 0 bridgehead atoms. The van der Waals surface area contributed by atoms with E-state index >= 15 is 0 Å². The zero-order chi connectivity index (χ0) is 11.7. The van der Waals surface area contributed by atoms with Gasteiger partial charge in [0.05, 0.1) is 5.57 Å². The molecule has 0 aromatic carbocycles. The lowest BCUT2D eigenvalue weighted by Crippen LogP contribution is -2.19. The van der Waals surface area contributed by atoms with Gasteiger partial charge in [0.25, 0.3) is 0 Å². The van der Waals surface area contributed by atoms with Crippen molar-refractivity contribution < 1.29 is 9.90 Å². The summed E-state index contributed by atoms with van der Waals surface area (Å²) in [7, 11) is 3.97. The molecule has 1 heterocycles. The number of hydrogen-bond acceptors (Lipinski definition) is 4. The normalized spacial score (nSPS) is 19.1. The van der Waals surface area contributed by atoms with Gasteiger partial charge < -0.3 is 10.0 Å². The fourth-order valence-electron chi connectivity index (χ4n) is 1.75. The Balaban J connectivity index is 2.21. The predicted molar refractivity (Wildman–Crippen MR) is 62.5 cm³/mol. The van der Waals surface area contributed by atoms with Crippen LogP contribution in [-0.2, 0) is 4.79 Å². The summed E-state index contributed by atoms with van der Waals surface area (Å²) in [6.07, 6.45) is 5.24. The Morgan fingerprint density at radius 3 is 2.81 bits per heavy atom. The molecule has 0 spiro atoms. The molecule has 0 amide bonds. The number of fused-ring (bicyclic) bond motifs is 1. The Labute approximate surface area is 94.3 Å². The average molecular weight is 218 g/mol. The van der Waals surface area contributed by atoms with Crippen molar-refractivity contribution in [3.63, 3.8) is 0 Å². The molecule has 0 aromatic rings. The van der Waals surface area contributed by atoms with Crippen molar-refractivity contribution in [1.29, 1.82) is 0 Å². The SMILES string of the molecule is CN(C)CCC1=CN=C2C(=O)C=CC(O)=C12. The van der Waals surface area contributed by atoms with Crippen molar-refractivity contribution >= 4 is 11.5 Å². The molecule has 0 fully saturated rings. The topological polar surface area (TPSA) is 52.9 Å². The summed E-state index contributed by atoms with van der Waals surface area (Å²) in [6.45, 7) is 0.864. The minimum atomic E-state index is -0.135. The molecule has 1 aliphatic carbocycles. The van der Waals surface area contributed by atoms with Crippen molar-refractivity contribution in [1.82, 2.24) is 4.90 Å². The molecular weight excluding hydrogens is 204 g/mol. The first-order valence-electron chi connectivity index (χ1n) is 5.17. The van der Waals surface area contributed by atoms with E-state index in [4.69, 9.17) is 0 Å². The number of carbonyl (C=O) groups is 1. The van der Waals surface area contributed by atoms with E-state index in [0.717, 1.165) is 18.5 Å². The fraction of sp³-hybridized carbons (Fsp3) is 0.333. The Hall–Kier alpha value is -1.68. The molecule has 0 saturated heterocycles. The number of nitrogens with zero attached hydrogens (tertiary/aromatic N) is 2. The van der Waals surface area contributed by atoms with E-state index in [-0.39, 0.29) is 11.5 Å². The van der Waals surface area contributed by atoms with Crippen LogP contribution in [0.2, 0.25) is 0 Å². The maximum atomic E-state index is 11.5. The van der Waals surface area contributed by atoms with Crippen molar-refractivity contribution in [3.05, 3.63) is 35.3 Å². The van der Waals surface area contributed by atoms with Crippen LogP contribution in [-0.4, -0.2) is 42.1 Å². The first-order valence-corrected chi connectivity index (χ1v) is 5.17. The highest BCUT2D eigenvalue weighted by molar-refractivity contribution is 6.52. The summed E-state index contributed by atoms with van der Waals surface area (Å²) in [5.74, 6) is 0.00441. The molecule has 2 aliphatic rings.